The summed E-state index contributed by atoms with van der Waals surface area (Å²) in [4.78, 5) is 33.3. The van der Waals surface area contributed by atoms with Gasteiger partial charge in [-0.2, -0.15) is 0 Å². The lowest BCUT2D eigenvalue weighted by molar-refractivity contribution is -0.147. The summed E-state index contributed by atoms with van der Waals surface area (Å²) < 4.78 is 9.75. The van der Waals surface area contributed by atoms with Crippen molar-refractivity contribution >= 4 is 17.7 Å². The normalized spacial score (nSPS) is 9.79. The molecule has 0 bridgehead atoms. The van der Waals surface area contributed by atoms with E-state index in [1.807, 2.05) is 0 Å². The maximum absolute atomic E-state index is 11.5. The number of ketones is 1. The van der Waals surface area contributed by atoms with Crippen molar-refractivity contribution in [3.63, 3.8) is 0 Å². The molecule has 0 saturated heterocycles. The summed E-state index contributed by atoms with van der Waals surface area (Å²) in [6, 6.07) is 4.78. The van der Waals surface area contributed by atoms with Gasteiger partial charge in [0.05, 0.1) is 13.5 Å². The van der Waals surface area contributed by atoms with Crippen LogP contribution in [0.4, 0.5) is 0 Å². The minimum Gasteiger partial charge on any atom is -0.496 e. The largest absolute Gasteiger partial charge is 0.496 e. The van der Waals surface area contributed by atoms with Crippen LogP contribution in [-0.2, 0) is 20.7 Å². The van der Waals surface area contributed by atoms with Gasteiger partial charge in [-0.05, 0) is 25.1 Å². The number of primary amides is 1. The molecule has 0 atom stereocenters. The third-order valence-electron chi connectivity index (χ3n) is 2.40. The van der Waals surface area contributed by atoms with Crippen LogP contribution < -0.4 is 10.5 Å². The fourth-order valence-electron chi connectivity index (χ4n) is 1.49. The molecule has 1 amide bonds. The number of carbonyl (C=O) groups excluding carboxylic acids is 3. The Kier molecular flexibility index (Phi) is 5.05. The van der Waals surface area contributed by atoms with Crippen LogP contribution in [-0.4, -0.2) is 31.4 Å². The third-order valence-corrected chi connectivity index (χ3v) is 2.40. The van der Waals surface area contributed by atoms with Gasteiger partial charge in [0, 0.05) is 11.1 Å². The lowest BCUT2D eigenvalue weighted by atomic mass is 10.0. The number of carbonyl (C=O) groups is 3. The number of hydrogen-bond donors (Lipinski definition) is 1. The van der Waals surface area contributed by atoms with E-state index in [-0.39, 0.29) is 12.2 Å². The van der Waals surface area contributed by atoms with Crippen LogP contribution in [0.3, 0.4) is 0 Å². The van der Waals surface area contributed by atoms with Gasteiger partial charge in [0.25, 0.3) is 5.91 Å². The number of hydrogen-bond acceptors (Lipinski definition) is 5. The maximum Gasteiger partial charge on any atom is 0.310 e. The molecule has 0 fully saturated rings. The first-order chi connectivity index (χ1) is 8.93. The quantitative estimate of drug-likeness (QED) is 0.595. The molecule has 0 spiro atoms. The Morgan fingerprint density at radius 1 is 1.26 bits per heavy atom. The van der Waals surface area contributed by atoms with E-state index < -0.39 is 18.5 Å². The Morgan fingerprint density at radius 3 is 2.47 bits per heavy atom. The number of methoxy groups -OCH3 is 1. The Labute approximate surface area is 110 Å². The van der Waals surface area contributed by atoms with Crippen LogP contribution in [0, 0.1) is 0 Å². The van der Waals surface area contributed by atoms with Crippen molar-refractivity contribution < 1.29 is 23.9 Å². The fourth-order valence-corrected chi connectivity index (χ4v) is 1.49. The first-order valence-electron chi connectivity index (χ1n) is 5.55. The van der Waals surface area contributed by atoms with Crippen LogP contribution in [0.25, 0.3) is 0 Å². The molecule has 0 heterocycles. The van der Waals surface area contributed by atoms with E-state index >= 15 is 0 Å². The van der Waals surface area contributed by atoms with E-state index in [9.17, 15) is 14.4 Å². The van der Waals surface area contributed by atoms with Crippen molar-refractivity contribution in [2.75, 3.05) is 13.7 Å². The predicted octanol–water partition coefficient (Wildman–Crippen LogP) is 0.469. The molecule has 1 aromatic carbocycles. The molecule has 6 nitrogen and oxygen atoms in total. The van der Waals surface area contributed by atoms with Crippen molar-refractivity contribution in [2.45, 2.75) is 13.3 Å². The van der Waals surface area contributed by atoms with E-state index in [1.165, 1.54) is 14.0 Å². The van der Waals surface area contributed by atoms with Crippen molar-refractivity contribution in [3.05, 3.63) is 29.3 Å². The zero-order chi connectivity index (χ0) is 14.4. The summed E-state index contributed by atoms with van der Waals surface area (Å²) in [5.74, 6) is -0.981. The molecule has 0 aliphatic carbocycles. The lowest BCUT2D eigenvalue weighted by Gasteiger charge is -2.09. The standard InChI is InChI=1S/C13H15NO5/c1-8(15)9-3-4-11(18-2)10(5-9)6-13(17)19-7-12(14)16/h3-5H,6-7H2,1-2H3,(H2,14,16). The van der Waals surface area contributed by atoms with E-state index in [2.05, 4.69) is 4.74 Å². The first kappa shape index (κ1) is 14.7. The smallest absolute Gasteiger partial charge is 0.310 e. The number of amides is 1. The summed E-state index contributed by atoms with van der Waals surface area (Å²) in [6.45, 7) is 0.963. The van der Waals surface area contributed by atoms with Crippen LogP contribution in [0.5, 0.6) is 5.75 Å². The number of rotatable bonds is 6. The van der Waals surface area contributed by atoms with Crippen molar-refractivity contribution in [3.8, 4) is 5.75 Å². The van der Waals surface area contributed by atoms with Gasteiger partial charge >= 0.3 is 5.97 Å². The number of Topliss-reactive ketones (excluding diaryl/α,β-unsaturated/α-hetero) is 1. The molecule has 2 N–H and O–H groups in total. The molecule has 0 unspecified atom stereocenters. The van der Waals surface area contributed by atoms with Gasteiger partial charge in [-0.15, -0.1) is 0 Å². The maximum atomic E-state index is 11.5. The zero-order valence-electron chi connectivity index (χ0n) is 10.8. The first-order valence-corrected chi connectivity index (χ1v) is 5.55. The number of ether oxygens (including phenoxy) is 2. The van der Waals surface area contributed by atoms with Crippen LogP contribution in [0.2, 0.25) is 0 Å². The molecular formula is C13H15NO5. The Bertz CT molecular complexity index is 510. The second-order valence-corrected chi connectivity index (χ2v) is 3.89. The van der Waals surface area contributed by atoms with Crippen molar-refractivity contribution in [1.29, 1.82) is 0 Å². The number of esters is 1. The van der Waals surface area contributed by atoms with Gasteiger partial charge < -0.3 is 15.2 Å². The summed E-state index contributed by atoms with van der Waals surface area (Å²) in [6.07, 6.45) is -0.0996. The topological polar surface area (TPSA) is 95.7 Å². The molecule has 0 saturated carbocycles. The number of benzene rings is 1. The molecule has 6 heteroatoms. The summed E-state index contributed by atoms with van der Waals surface area (Å²) >= 11 is 0. The predicted molar refractivity (Wildman–Crippen MR) is 66.9 cm³/mol. The van der Waals surface area contributed by atoms with Crippen molar-refractivity contribution in [2.24, 2.45) is 5.73 Å². The molecule has 1 aromatic rings. The second kappa shape index (κ2) is 6.53. The summed E-state index contributed by atoms with van der Waals surface area (Å²) in [5, 5.41) is 0. The van der Waals surface area contributed by atoms with E-state index in [4.69, 9.17) is 10.5 Å². The summed E-state index contributed by atoms with van der Waals surface area (Å²) in [7, 11) is 1.46. The van der Waals surface area contributed by atoms with Gasteiger partial charge in [-0.1, -0.05) is 0 Å². The average Bonchev–Trinajstić information content (AvgIpc) is 2.36. The Balaban J connectivity index is 2.85. The molecule has 0 aliphatic rings. The lowest BCUT2D eigenvalue weighted by Crippen LogP contribution is -2.21. The molecule has 19 heavy (non-hydrogen) atoms. The van der Waals surface area contributed by atoms with E-state index in [0.29, 0.717) is 16.9 Å². The molecule has 0 aromatic heterocycles. The van der Waals surface area contributed by atoms with Gasteiger partial charge in [0.1, 0.15) is 5.75 Å². The third kappa shape index (κ3) is 4.42. The zero-order valence-corrected chi connectivity index (χ0v) is 10.8. The minimum atomic E-state index is -0.724. The Morgan fingerprint density at radius 2 is 1.95 bits per heavy atom. The van der Waals surface area contributed by atoms with Gasteiger partial charge in [0.15, 0.2) is 12.4 Å². The highest BCUT2D eigenvalue weighted by Crippen LogP contribution is 2.21. The minimum absolute atomic E-state index is 0.0996. The molecule has 102 valence electrons. The van der Waals surface area contributed by atoms with Crippen LogP contribution >= 0.6 is 0 Å². The second-order valence-electron chi connectivity index (χ2n) is 3.89. The van der Waals surface area contributed by atoms with E-state index in [1.54, 1.807) is 18.2 Å². The monoisotopic (exact) mass is 265 g/mol. The molecule has 1 rings (SSSR count). The Hall–Kier alpha value is -2.37. The highest BCUT2D eigenvalue weighted by Gasteiger charge is 2.13. The highest BCUT2D eigenvalue weighted by atomic mass is 16.5. The number of nitrogens with two attached hydrogens (primary N) is 1. The van der Waals surface area contributed by atoms with Gasteiger partial charge in [-0.25, -0.2) is 0 Å². The summed E-state index contributed by atoms with van der Waals surface area (Å²) in [5.41, 5.74) is 5.86. The van der Waals surface area contributed by atoms with Gasteiger partial charge in [-0.3, -0.25) is 14.4 Å². The van der Waals surface area contributed by atoms with Crippen LogP contribution in [0.1, 0.15) is 22.8 Å². The molecule has 0 radical (unpaired) electrons. The van der Waals surface area contributed by atoms with E-state index in [0.717, 1.165) is 0 Å². The highest BCUT2D eigenvalue weighted by molar-refractivity contribution is 5.94. The van der Waals surface area contributed by atoms with Gasteiger partial charge in [0.2, 0.25) is 0 Å². The van der Waals surface area contributed by atoms with Crippen molar-refractivity contribution in [1.82, 2.24) is 0 Å². The molecule has 0 aliphatic heterocycles. The van der Waals surface area contributed by atoms with Crippen LogP contribution in [0.15, 0.2) is 18.2 Å². The fraction of sp³-hybridized carbons (Fsp3) is 0.308. The SMILES string of the molecule is COc1ccc(C(C)=O)cc1CC(=O)OCC(N)=O. The molecular weight excluding hydrogens is 250 g/mol. The average molecular weight is 265 g/mol.